The molecule has 138 valence electrons. The second-order valence-corrected chi connectivity index (χ2v) is 7.66. The number of fused-ring (bicyclic) bond motifs is 1. The Labute approximate surface area is 168 Å². The Bertz CT molecular complexity index is 1030. The average Bonchev–Trinajstić information content (AvgIpc) is 2.97. The van der Waals surface area contributed by atoms with Crippen LogP contribution >= 0.6 is 0 Å². The molecular formula is C28H26. The van der Waals surface area contributed by atoms with Crippen LogP contribution < -0.4 is 0 Å². The molecule has 0 N–H and O–H groups in total. The van der Waals surface area contributed by atoms with E-state index < -0.39 is 0 Å². The van der Waals surface area contributed by atoms with Gasteiger partial charge in [0.15, 0.2) is 0 Å². The largest absolute Gasteiger partial charge is 0.0991 e. The summed E-state index contributed by atoms with van der Waals surface area (Å²) in [5.41, 5.74) is 10.2. The molecule has 0 atom stereocenters. The van der Waals surface area contributed by atoms with E-state index in [0.717, 1.165) is 0 Å². The predicted molar refractivity (Wildman–Crippen MR) is 121 cm³/mol. The third kappa shape index (κ3) is 2.68. The summed E-state index contributed by atoms with van der Waals surface area (Å²) in [6.07, 6.45) is 6.15. The second kappa shape index (κ2) is 7.13. The lowest BCUT2D eigenvalue weighted by molar-refractivity contribution is 0.760. The SMILES string of the molecule is C=C/C=C\C1=C(C)c2ccccc2C1(c1ccc(C)cc1)c1ccc(C)cc1. The fourth-order valence-corrected chi connectivity index (χ4v) is 4.52. The highest BCUT2D eigenvalue weighted by Crippen LogP contribution is 2.54. The van der Waals surface area contributed by atoms with Crippen LogP contribution in [0.1, 0.15) is 40.3 Å². The first-order chi connectivity index (χ1) is 13.6. The quantitative estimate of drug-likeness (QED) is 0.432. The van der Waals surface area contributed by atoms with Gasteiger partial charge >= 0.3 is 0 Å². The third-order valence-corrected chi connectivity index (χ3v) is 5.91. The molecule has 0 spiro atoms. The number of hydrogen-bond acceptors (Lipinski definition) is 0. The van der Waals surface area contributed by atoms with E-state index in [-0.39, 0.29) is 5.41 Å². The van der Waals surface area contributed by atoms with Crippen LogP contribution in [0.4, 0.5) is 0 Å². The first kappa shape index (κ1) is 18.3. The van der Waals surface area contributed by atoms with Gasteiger partial charge in [-0.15, -0.1) is 0 Å². The molecule has 0 saturated heterocycles. The van der Waals surface area contributed by atoms with Crippen molar-refractivity contribution >= 4 is 5.57 Å². The number of allylic oxidation sites excluding steroid dienone is 5. The van der Waals surface area contributed by atoms with Crippen LogP contribution in [-0.4, -0.2) is 0 Å². The normalized spacial score (nSPS) is 15.1. The van der Waals surface area contributed by atoms with Crippen molar-refractivity contribution < 1.29 is 0 Å². The second-order valence-electron chi connectivity index (χ2n) is 7.66. The molecule has 0 unspecified atom stereocenters. The fourth-order valence-electron chi connectivity index (χ4n) is 4.52. The van der Waals surface area contributed by atoms with Crippen LogP contribution in [0, 0.1) is 13.8 Å². The first-order valence-electron chi connectivity index (χ1n) is 9.83. The molecular weight excluding hydrogens is 336 g/mol. The molecule has 0 heteroatoms. The van der Waals surface area contributed by atoms with E-state index in [9.17, 15) is 0 Å². The maximum Gasteiger partial charge on any atom is 0.0710 e. The molecule has 1 aliphatic rings. The first-order valence-corrected chi connectivity index (χ1v) is 9.83. The van der Waals surface area contributed by atoms with Crippen molar-refractivity contribution in [2.45, 2.75) is 26.2 Å². The monoisotopic (exact) mass is 362 g/mol. The molecule has 4 rings (SSSR count). The molecule has 0 saturated carbocycles. The van der Waals surface area contributed by atoms with Gasteiger partial charge in [-0.2, -0.15) is 0 Å². The maximum absolute atomic E-state index is 3.90. The van der Waals surface area contributed by atoms with Gasteiger partial charge in [0.2, 0.25) is 0 Å². The molecule has 0 amide bonds. The zero-order valence-corrected chi connectivity index (χ0v) is 16.9. The lowest BCUT2D eigenvalue weighted by Gasteiger charge is -2.35. The van der Waals surface area contributed by atoms with Crippen LogP contribution in [0.2, 0.25) is 0 Å². The van der Waals surface area contributed by atoms with Gasteiger partial charge in [-0.1, -0.05) is 109 Å². The fraction of sp³-hybridized carbons (Fsp3) is 0.143. The molecule has 1 aliphatic carbocycles. The minimum absolute atomic E-state index is 0.318. The van der Waals surface area contributed by atoms with Gasteiger partial charge in [0, 0.05) is 0 Å². The summed E-state index contributed by atoms with van der Waals surface area (Å²) in [7, 11) is 0. The summed E-state index contributed by atoms with van der Waals surface area (Å²) < 4.78 is 0. The van der Waals surface area contributed by atoms with Crippen molar-refractivity contribution in [3.05, 3.63) is 137 Å². The van der Waals surface area contributed by atoms with Crippen molar-refractivity contribution in [3.63, 3.8) is 0 Å². The Hall–Kier alpha value is -3.12. The number of rotatable bonds is 4. The third-order valence-electron chi connectivity index (χ3n) is 5.91. The van der Waals surface area contributed by atoms with Gasteiger partial charge in [0.1, 0.15) is 0 Å². The Morgan fingerprint density at radius 3 is 1.79 bits per heavy atom. The standard InChI is InChI=1S/C28H26/c1-5-6-10-26-22(4)25-9-7-8-11-27(25)28(26,23-16-12-20(2)13-17-23)24-18-14-21(3)15-19-24/h5-19H,1H2,2-4H3/b10-6-. The lowest BCUT2D eigenvalue weighted by atomic mass is 9.66. The van der Waals surface area contributed by atoms with Gasteiger partial charge in [-0.3, -0.25) is 0 Å². The summed E-state index contributed by atoms with van der Waals surface area (Å²) in [4.78, 5) is 0. The summed E-state index contributed by atoms with van der Waals surface area (Å²) in [5, 5.41) is 0. The van der Waals surface area contributed by atoms with Gasteiger partial charge < -0.3 is 0 Å². The molecule has 28 heavy (non-hydrogen) atoms. The summed E-state index contributed by atoms with van der Waals surface area (Å²) in [6, 6.07) is 26.8. The van der Waals surface area contributed by atoms with E-state index in [1.807, 2.05) is 6.08 Å². The molecule has 0 bridgehead atoms. The Kier molecular flexibility index (Phi) is 4.65. The van der Waals surface area contributed by atoms with Gasteiger partial charge in [-0.05, 0) is 54.2 Å². The summed E-state index contributed by atoms with van der Waals surface area (Å²) in [5.74, 6) is 0. The Morgan fingerprint density at radius 1 is 0.714 bits per heavy atom. The topological polar surface area (TPSA) is 0 Å². The Morgan fingerprint density at radius 2 is 1.25 bits per heavy atom. The van der Waals surface area contributed by atoms with Crippen LogP contribution in [0.5, 0.6) is 0 Å². The molecule has 0 heterocycles. The van der Waals surface area contributed by atoms with E-state index in [2.05, 4.69) is 112 Å². The van der Waals surface area contributed by atoms with Crippen LogP contribution in [0.15, 0.2) is 103 Å². The van der Waals surface area contributed by atoms with Crippen molar-refractivity contribution in [2.24, 2.45) is 0 Å². The molecule has 0 radical (unpaired) electrons. The van der Waals surface area contributed by atoms with Crippen LogP contribution in [-0.2, 0) is 5.41 Å². The summed E-state index contributed by atoms with van der Waals surface area (Å²) >= 11 is 0. The number of benzene rings is 3. The van der Waals surface area contributed by atoms with Gasteiger partial charge in [0.05, 0.1) is 5.41 Å². The molecule has 3 aromatic rings. The van der Waals surface area contributed by atoms with Crippen LogP contribution in [0.25, 0.3) is 5.57 Å². The average molecular weight is 363 g/mol. The van der Waals surface area contributed by atoms with E-state index in [0.29, 0.717) is 0 Å². The van der Waals surface area contributed by atoms with Crippen LogP contribution in [0.3, 0.4) is 0 Å². The van der Waals surface area contributed by atoms with E-state index in [1.54, 1.807) is 0 Å². The van der Waals surface area contributed by atoms with Crippen molar-refractivity contribution in [3.8, 4) is 0 Å². The molecule has 0 aliphatic heterocycles. The maximum atomic E-state index is 3.90. The highest BCUT2D eigenvalue weighted by molar-refractivity contribution is 5.86. The molecule has 0 aromatic heterocycles. The van der Waals surface area contributed by atoms with Crippen molar-refractivity contribution in [1.82, 2.24) is 0 Å². The lowest BCUT2D eigenvalue weighted by Crippen LogP contribution is -2.29. The predicted octanol–water partition coefficient (Wildman–Crippen LogP) is 7.17. The Balaban J connectivity index is 2.14. The highest BCUT2D eigenvalue weighted by atomic mass is 14.5. The number of aryl methyl sites for hydroxylation is 2. The zero-order valence-electron chi connectivity index (χ0n) is 16.9. The van der Waals surface area contributed by atoms with E-state index in [1.165, 1.54) is 44.5 Å². The molecule has 0 nitrogen and oxygen atoms in total. The minimum Gasteiger partial charge on any atom is -0.0991 e. The van der Waals surface area contributed by atoms with Crippen molar-refractivity contribution in [1.29, 1.82) is 0 Å². The molecule has 3 aromatic carbocycles. The zero-order chi connectivity index (χ0) is 19.7. The minimum atomic E-state index is -0.318. The van der Waals surface area contributed by atoms with E-state index >= 15 is 0 Å². The summed E-state index contributed by atoms with van der Waals surface area (Å²) in [6.45, 7) is 10.4. The van der Waals surface area contributed by atoms with E-state index in [4.69, 9.17) is 0 Å². The van der Waals surface area contributed by atoms with Gasteiger partial charge in [-0.25, -0.2) is 0 Å². The smallest absolute Gasteiger partial charge is 0.0710 e. The molecule has 0 fully saturated rings. The van der Waals surface area contributed by atoms with Gasteiger partial charge in [0.25, 0.3) is 0 Å². The van der Waals surface area contributed by atoms with Crippen molar-refractivity contribution in [2.75, 3.05) is 0 Å². The highest BCUT2D eigenvalue weighted by Gasteiger charge is 2.45. The number of hydrogen-bond donors (Lipinski definition) is 0.